The molecule has 5 nitrogen and oxygen atoms in total. The smallest absolute Gasteiger partial charge is 0.254 e. The van der Waals surface area contributed by atoms with E-state index in [1.54, 1.807) is 36.2 Å². The quantitative estimate of drug-likeness (QED) is 0.340. The molecule has 0 aliphatic carbocycles. The summed E-state index contributed by atoms with van der Waals surface area (Å²) >= 11 is 3.33. The van der Waals surface area contributed by atoms with E-state index in [0.29, 0.717) is 43.8 Å². The Bertz CT molecular complexity index is 467. The predicted octanol–water partition coefficient (Wildman–Crippen LogP) is 2.39. The van der Waals surface area contributed by atoms with Crippen molar-refractivity contribution in [3.05, 3.63) is 35.4 Å². The van der Waals surface area contributed by atoms with E-state index in [1.807, 2.05) is 0 Å². The van der Waals surface area contributed by atoms with E-state index < -0.39 is 0 Å². The maximum atomic E-state index is 12.2. The van der Waals surface area contributed by atoms with E-state index in [-0.39, 0.29) is 5.91 Å². The highest BCUT2D eigenvalue weighted by Gasteiger charge is 2.14. The standard InChI is InChI=1S/C16H22BrNO4/c1-18(8-10-22-12-11-21-9-4-7-17)16(20)15-6-3-2-5-14(15)13-19/h2-3,5-6,13H,4,7-12H2,1H3. The molecule has 0 saturated carbocycles. The molecule has 1 rings (SSSR count). The summed E-state index contributed by atoms with van der Waals surface area (Å²) in [6.45, 7) is 2.68. The van der Waals surface area contributed by atoms with E-state index >= 15 is 0 Å². The third kappa shape index (κ3) is 6.68. The molecule has 0 bridgehead atoms. The van der Waals surface area contributed by atoms with Gasteiger partial charge in [-0.3, -0.25) is 9.59 Å². The number of hydrogen-bond donors (Lipinski definition) is 0. The molecule has 0 aliphatic rings. The van der Waals surface area contributed by atoms with E-state index in [0.717, 1.165) is 18.4 Å². The van der Waals surface area contributed by atoms with E-state index in [9.17, 15) is 9.59 Å². The molecule has 0 heterocycles. The maximum Gasteiger partial charge on any atom is 0.254 e. The zero-order chi connectivity index (χ0) is 16.2. The summed E-state index contributed by atoms with van der Waals surface area (Å²) in [6, 6.07) is 6.77. The van der Waals surface area contributed by atoms with Crippen LogP contribution in [0.3, 0.4) is 0 Å². The second-order valence-corrected chi connectivity index (χ2v) is 5.49. The lowest BCUT2D eigenvalue weighted by atomic mass is 10.1. The van der Waals surface area contributed by atoms with Gasteiger partial charge < -0.3 is 14.4 Å². The number of carbonyl (C=O) groups excluding carboxylic acids is 2. The summed E-state index contributed by atoms with van der Waals surface area (Å²) in [6.07, 6.45) is 1.68. The minimum atomic E-state index is -0.181. The van der Waals surface area contributed by atoms with Crippen molar-refractivity contribution in [3.63, 3.8) is 0 Å². The largest absolute Gasteiger partial charge is 0.379 e. The fourth-order valence-corrected chi connectivity index (χ4v) is 2.01. The Kier molecular flexibility index (Phi) is 9.70. The number of aldehydes is 1. The lowest BCUT2D eigenvalue weighted by molar-refractivity contribution is 0.0391. The molecule has 0 unspecified atom stereocenters. The first-order valence-electron chi connectivity index (χ1n) is 7.21. The second kappa shape index (κ2) is 11.3. The highest BCUT2D eigenvalue weighted by atomic mass is 79.9. The Hall–Kier alpha value is -1.24. The van der Waals surface area contributed by atoms with Crippen LogP contribution in [0.5, 0.6) is 0 Å². The molecule has 1 amide bonds. The number of carbonyl (C=O) groups is 2. The third-order valence-corrected chi connectivity index (χ3v) is 3.59. The van der Waals surface area contributed by atoms with Crippen molar-refractivity contribution >= 4 is 28.1 Å². The van der Waals surface area contributed by atoms with Crippen molar-refractivity contribution in [1.29, 1.82) is 0 Å². The number of amides is 1. The third-order valence-electron chi connectivity index (χ3n) is 3.03. The van der Waals surface area contributed by atoms with Gasteiger partial charge in [-0.15, -0.1) is 0 Å². The van der Waals surface area contributed by atoms with Crippen LogP contribution < -0.4 is 0 Å². The van der Waals surface area contributed by atoms with Crippen LogP contribution >= 0.6 is 15.9 Å². The van der Waals surface area contributed by atoms with Crippen molar-refractivity contribution in [3.8, 4) is 0 Å². The van der Waals surface area contributed by atoms with Crippen molar-refractivity contribution < 1.29 is 19.1 Å². The number of halogens is 1. The summed E-state index contributed by atoms with van der Waals surface area (Å²) in [7, 11) is 1.69. The zero-order valence-electron chi connectivity index (χ0n) is 12.8. The number of benzene rings is 1. The Morgan fingerprint density at radius 3 is 2.55 bits per heavy atom. The molecule has 0 aromatic heterocycles. The highest BCUT2D eigenvalue weighted by molar-refractivity contribution is 9.09. The molecule has 6 heteroatoms. The monoisotopic (exact) mass is 371 g/mol. The van der Waals surface area contributed by atoms with Crippen LogP contribution in [-0.4, -0.2) is 62.4 Å². The fourth-order valence-electron chi connectivity index (χ4n) is 1.78. The number of alkyl halides is 1. The maximum absolute atomic E-state index is 12.2. The molecule has 0 fully saturated rings. The van der Waals surface area contributed by atoms with Crippen LogP contribution in [0.2, 0.25) is 0 Å². The normalized spacial score (nSPS) is 10.5. The van der Waals surface area contributed by atoms with Gasteiger partial charge in [-0.05, 0) is 12.5 Å². The van der Waals surface area contributed by atoms with Gasteiger partial charge in [0.25, 0.3) is 5.91 Å². The first kappa shape index (κ1) is 18.8. The molecule has 122 valence electrons. The minimum absolute atomic E-state index is 0.181. The summed E-state index contributed by atoms with van der Waals surface area (Å²) in [5.74, 6) is -0.181. The van der Waals surface area contributed by atoms with Gasteiger partial charge in [-0.2, -0.15) is 0 Å². The van der Waals surface area contributed by atoms with Crippen LogP contribution in [0.15, 0.2) is 24.3 Å². The minimum Gasteiger partial charge on any atom is -0.379 e. The second-order valence-electron chi connectivity index (χ2n) is 4.70. The highest BCUT2D eigenvalue weighted by Crippen LogP contribution is 2.09. The molecular formula is C16H22BrNO4. The number of hydrogen-bond acceptors (Lipinski definition) is 4. The number of ether oxygens (including phenoxy) is 2. The Morgan fingerprint density at radius 1 is 1.18 bits per heavy atom. The van der Waals surface area contributed by atoms with Crippen molar-refractivity contribution in [2.24, 2.45) is 0 Å². The van der Waals surface area contributed by atoms with Crippen LogP contribution in [0, 0.1) is 0 Å². The zero-order valence-corrected chi connectivity index (χ0v) is 14.4. The van der Waals surface area contributed by atoms with Gasteiger partial charge in [-0.1, -0.05) is 34.1 Å². The van der Waals surface area contributed by atoms with E-state index in [1.165, 1.54) is 0 Å². The van der Waals surface area contributed by atoms with Gasteiger partial charge in [0.15, 0.2) is 6.29 Å². The van der Waals surface area contributed by atoms with E-state index in [4.69, 9.17) is 9.47 Å². The summed E-state index contributed by atoms with van der Waals surface area (Å²) in [5, 5.41) is 0.934. The molecular weight excluding hydrogens is 350 g/mol. The van der Waals surface area contributed by atoms with Crippen molar-refractivity contribution in [2.45, 2.75) is 6.42 Å². The topological polar surface area (TPSA) is 55.8 Å². The van der Waals surface area contributed by atoms with Crippen LogP contribution in [0.1, 0.15) is 27.1 Å². The molecule has 1 aromatic rings. The van der Waals surface area contributed by atoms with Gasteiger partial charge in [0.1, 0.15) is 0 Å². The van der Waals surface area contributed by atoms with Gasteiger partial charge in [0, 0.05) is 31.1 Å². The first-order chi connectivity index (χ1) is 10.7. The fraction of sp³-hybridized carbons (Fsp3) is 0.500. The molecule has 0 radical (unpaired) electrons. The Labute approximate surface area is 139 Å². The lowest BCUT2D eigenvalue weighted by Gasteiger charge is -2.18. The molecule has 22 heavy (non-hydrogen) atoms. The van der Waals surface area contributed by atoms with Crippen LogP contribution in [-0.2, 0) is 9.47 Å². The molecule has 0 atom stereocenters. The average molecular weight is 372 g/mol. The number of rotatable bonds is 11. The molecule has 0 saturated heterocycles. The van der Waals surface area contributed by atoms with Crippen LogP contribution in [0.4, 0.5) is 0 Å². The van der Waals surface area contributed by atoms with Crippen molar-refractivity contribution in [1.82, 2.24) is 4.90 Å². The van der Waals surface area contributed by atoms with Gasteiger partial charge in [0.05, 0.1) is 25.4 Å². The summed E-state index contributed by atoms with van der Waals surface area (Å²) < 4.78 is 10.8. The van der Waals surface area contributed by atoms with Gasteiger partial charge in [-0.25, -0.2) is 0 Å². The van der Waals surface area contributed by atoms with Crippen LogP contribution in [0.25, 0.3) is 0 Å². The molecule has 0 N–H and O–H groups in total. The first-order valence-corrected chi connectivity index (χ1v) is 8.34. The SMILES string of the molecule is CN(CCOCCOCCCBr)C(=O)c1ccccc1C=O. The van der Waals surface area contributed by atoms with Crippen molar-refractivity contribution in [2.75, 3.05) is 45.4 Å². The van der Waals surface area contributed by atoms with E-state index in [2.05, 4.69) is 15.9 Å². The predicted molar refractivity (Wildman–Crippen MR) is 88.8 cm³/mol. The number of nitrogens with zero attached hydrogens (tertiary/aromatic N) is 1. The molecule has 0 spiro atoms. The molecule has 1 aromatic carbocycles. The Morgan fingerprint density at radius 2 is 1.86 bits per heavy atom. The summed E-state index contributed by atoms with van der Waals surface area (Å²) in [5.41, 5.74) is 0.818. The van der Waals surface area contributed by atoms with Gasteiger partial charge in [0.2, 0.25) is 0 Å². The summed E-state index contributed by atoms with van der Waals surface area (Å²) in [4.78, 5) is 24.7. The Balaban J connectivity index is 2.26. The lowest BCUT2D eigenvalue weighted by Crippen LogP contribution is -2.31. The number of likely N-dealkylation sites (N-methyl/N-ethyl adjacent to an activating group) is 1. The van der Waals surface area contributed by atoms with Gasteiger partial charge >= 0.3 is 0 Å². The average Bonchev–Trinajstić information content (AvgIpc) is 2.56. The molecule has 0 aliphatic heterocycles.